The summed E-state index contributed by atoms with van der Waals surface area (Å²) >= 11 is 1.60. The van der Waals surface area contributed by atoms with E-state index < -0.39 is 20.8 Å². The van der Waals surface area contributed by atoms with Crippen LogP contribution < -0.4 is 15.6 Å². The average molecular weight is 445 g/mol. The summed E-state index contributed by atoms with van der Waals surface area (Å²) in [5, 5.41) is 8.80. The zero-order valence-electron chi connectivity index (χ0n) is 16.6. The SMILES string of the molecule is COCCN1C(=O)N(C2NNC(C)S2)C2CC(S(=O)(=O)NC3(C#N)CC3)CCC21. The first kappa shape index (κ1) is 21.1. The Morgan fingerprint density at radius 2 is 2.10 bits per heavy atom. The number of urea groups is 1. The number of nitrogens with zero attached hydrogens (tertiary/aromatic N) is 3. The van der Waals surface area contributed by atoms with Gasteiger partial charge in [0.2, 0.25) is 10.0 Å². The van der Waals surface area contributed by atoms with Crippen LogP contribution in [0, 0.1) is 11.3 Å². The lowest BCUT2D eigenvalue weighted by Gasteiger charge is -2.37. The van der Waals surface area contributed by atoms with Crippen LogP contribution in [0.1, 0.15) is 39.0 Å². The molecule has 0 spiro atoms. The van der Waals surface area contributed by atoms with Crippen molar-refractivity contribution in [3.8, 4) is 6.07 Å². The second kappa shape index (κ2) is 7.86. The van der Waals surface area contributed by atoms with E-state index in [-0.39, 0.29) is 29.0 Å². The van der Waals surface area contributed by atoms with Crippen LogP contribution in [0.25, 0.3) is 0 Å². The number of carbonyl (C=O) groups is 1. The van der Waals surface area contributed by atoms with Crippen LogP contribution in [0.3, 0.4) is 0 Å². The quantitative estimate of drug-likeness (QED) is 0.505. The van der Waals surface area contributed by atoms with Gasteiger partial charge in [-0.25, -0.2) is 24.1 Å². The molecule has 3 N–H and O–H groups in total. The number of fused-ring (bicyclic) bond motifs is 1. The molecule has 0 aromatic carbocycles. The van der Waals surface area contributed by atoms with E-state index in [1.54, 1.807) is 23.8 Å². The van der Waals surface area contributed by atoms with Gasteiger partial charge < -0.3 is 9.64 Å². The van der Waals surface area contributed by atoms with Crippen LogP contribution in [0.15, 0.2) is 0 Å². The van der Waals surface area contributed by atoms with Gasteiger partial charge in [-0.05, 0) is 39.0 Å². The van der Waals surface area contributed by atoms with E-state index in [1.807, 2.05) is 11.8 Å². The summed E-state index contributed by atoms with van der Waals surface area (Å²) in [7, 11) is -2.03. The van der Waals surface area contributed by atoms with Crippen molar-refractivity contribution >= 4 is 27.8 Å². The Bertz CT molecular complexity index is 798. The Kier molecular flexibility index (Phi) is 5.73. The van der Waals surface area contributed by atoms with Crippen LogP contribution >= 0.6 is 11.8 Å². The Morgan fingerprint density at radius 3 is 2.69 bits per heavy atom. The number of carbonyl (C=O) groups excluding carboxylic acids is 1. The van der Waals surface area contributed by atoms with Crippen LogP contribution in [0.2, 0.25) is 0 Å². The Balaban J connectivity index is 1.54. The molecule has 2 amide bonds. The maximum atomic E-state index is 13.2. The lowest BCUT2D eigenvalue weighted by atomic mass is 9.90. The summed E-state index contributed by atoms with van der Waals surface area (Å²) in [5.41, 5.74) is 5.10. The number of hydrazine groups is 1. The highest BCUT2D eigenvalue weighted by Crippen LogP contribution is 2.41. The minimum absolute atomic E-state index is 0.0340. The summed E-state index contributed by atoms with van der Waals surface area (Å²) in [6, 6.07) is 1.77. The molecule has 2 aliphatic carbocycles. The van der Waals surface area contributed by atoms with Gasteiger partial charge >= 0.3 is 6.03 Å². The Labute approximate surface area is 175 Å². The fourth-order valence-electron chi connectivity index (χ4n) is 4.50. The molecule has 0 aromatic rings. The fourth-order valence-corrected chi connectivity index (χ4v) is 7.39. The minimum Gasteiger partial charge on any atom is -0.383 e. The Morgan fingerprint density at radius 1 is 1.34 bits per heavy atom. The molecule has 12 heteroatoms. The first-order valence-corrected chi connectivity index (χ1v) is 12.5. The molecule has 0 bridgehead atoms. The van der Waals surface area contributed by atoms with E-state index in [0.29, 0.717) is 45.3 Å². The van der Waals surface area contributed by atoms with Gasteiger partial charge in [-0.1, -0.05) is 0 Å². The van der Waals surface area contributed by atoms with Crippen LogP contribution in [-0.4, -0.2) is 78.3 Å². The molecule has 5 unspecified atom stereocenters. The number of rotatable bonds is 7. The third-order valence-electron chi connectivity index (χ3n) is 6.23. The second-order valence-corrected chi connectivity index (χ2v) is 11.6. The fraction of sp³-hybridized carbons (Fsp3) is 0.882. The van der Waals surface area contributed by atoms with Gasteiger partial charge in [-0.3, -0.25) is 4.90 Å². The van der Waals surface area contributed by atoms with Crippen molar-refractivity contribution in [2.24, 2.45) is 0 Å². The van der Waals surface area contributed by atoms with Gasteiger partial charge in [0, 0.05) is 13.7 Å². The highest BCUT2D eigenvalue weighted by molar-refractivity contribution is 8.00. The number of sulfonamides is 1. The maximum Gasteiger partial charge on any atom is 0.322 e. The molecular weight excluding hydrogens is 416 g/mol. The lowest BCUT2D eigenvalue weighted by molar-refractivity contribution is 0.136. The van der Waals surface area contributed by atoms with Gasteiger partial charge in [0.05, 0.1) is 35.4 Å². The zero-order chi connectivity index (χ0) is 20.8. The molecule has 0 aromatic heterocycles. The summed E-state index contributed by atoms with van der Waals surface area (Å²) in [6.45, 7) is 2.94. The molecule has 5 atom stereocenters. The van der Waals surface area contributed by atoms with E-state index in [4.69, 9.17) is 4.74 Å². The molecule has 2 saturated heterocycles. The van der Waals surface area contributed by atoms with Crippen LogP contribution in [0.5, 0.6) is 0 Å². The minimum atomic E-state index is -3.64. The van der Waals surface area contributed by atoms with Crippen LogP contribution in [-0.2, 0) is 14.8 Å². The number of amides is 2. The highest BCUT2D eigenvalue weighted by atomic mass is 32.2. The number of nitrogens with one attached hydrogen (secondary N) is 3. The van der Waals surface area contributed by atoms with E-state index >= 15 is 0 Å². The largest absolute Gasteiger partial charge is 0.383 e. The number of thioether (sulfide) groups is 1. The van der Waals surface area contributed by atoms with Gasteiger partial charge in [-0.2, -0.15) is 9.98 Å². The molecule has 10 nitrogen and oxygen atoms in total. The molecule has 162 valence electrons. The molecule has 29 heavy (non-hydrogen) atoms. The molecule has 2 heterocycles. The summed E-state index contributed by atoms with van der Waals surface area (Å²) in [6.07, 6.45) is 2.57. The molecule has 4 rings (SSSR count). The van der Waals surface area contributed by atoms with E-state index in [9.17, 15) is 18.5 Å². The van der Waals surface area contributed by atoms with Crippen molar-refractivity contribution in [1.82, 2.24) is 25.4 Å². The maximum absolute atomic E-state index is 13.2. The number of hydrogen-bond donors (Lipinski definition) is 3. The van der Waals surface area contributed by atoms with Crippen LogP contribution in [0.4, 0.5) is 4.79 Å². The number of hydrogen-bond acceptors (Lipinski definition) is 8. The number of ether oxygens (including phenoxy) is 1. The summed E-state index contributed by atoms with van der Waals surface area (Å²) < 4.78 is 33.8. The average Bonchev–Trinajstić information content (AvgIpc) is 3.23. The van der Waals surface area contributed by atoms with Crippen molar-refractivity contribution in [1.29, 1.82) is 5.26 Å². The first-order chi connectivity index (χ1) is 13.8. The molecular formula is C17H28N6O4S2. The highest BCUT2D eigenvalue weighted by Gasteiger charge is 2.55. The third kappa shape index (κ3) is 3.96. The van der Waals surface area contributed by atoms with Crippen molar-refractivity contribution in [2.45, 2.75) is 72.8 Å². The van der Waals surface area contributed by atoms with Crippen molar-refractivity contribution in [2.75, 3.05) is 20.3 Å². The summed E-state index contributed by atoms with van der Waals surface area (Å²) in [5.74, 6) is 0. The molecule has 2 aliphatic heterocycles. The molecule has 2 saturated carbocycles. The number of methoxy groups -OCH3 is 1. The predicted octanol–water partition coefficient (Wildman–Crippen LogP) is 0.106. The molecule has 4 aliphatic rings. The first-order valence-electron chi connectivity index (χ1n) is 9.99. The number of nitriles is 1. The van der Waals surface area contributed by atoms with Crippen molar-refractivity contribution in [3.63, 3.8) is 0 Å². The van der Waals surface area contributed by atoms with Gasteiger partial charge in [0.25, 0.3) is 0 Å². The van der Waals surface area contributed by atoms with E-state index in [1.165, 1.54) is 0 Å². The monoisotopic (exact) mass is 444 g/mol. The van der Waals surface area contributed by atoms with Crippen molar-refractivity contribution < 1.29 is 17.9 Å². The van der Waals surface area contributed by atoms with Gasteiger partial charge in [0.15, 0.2) is 0 Å². The summed E-state index contributed by atoms with van der Waals surface area (Å²) in [4.78, 5) is 16.8. The zero-order valence-corrected chi connectivity index (χ0v) is 18.3. The standard InChI is InChI=1S/C17H28N6O4S2/c1-11-19-20-15(28-11)23-14-9-12(29(25,26)21-17(10-18)5-6-17)3-4-13(14)22(16(23)24)7-8-27-2/h11-15,19-21H,3-9H2,1-2H3. The Hall–Kier alpha value is -1.10. The molecule has 0 radical (unpaired) electrons. The van der Waals surface area contributed by atoms with E-state index in [0.717, 1.165) is 0 Å². The predicted molar refractivity (Wildman–Crippen MR) is 108 cm³/mol. The third-order valence-corrected chi connectivity index (χ3v) is 9.34. The van der Waals surface area contributed by atoms with Gasteiger partial charge in [-0.15, -0.1) is 11.8 Å². The topological polar surface area (TPSA) is 127 Å². The van der Waals surface area contributed by atoms with E-state index in [2.05, 4.69) is 21.6 Å². The molecule has 4 fully saturated rings. The van der Waals surface area contributed by atoms with Crippen molar-refractivity contribution in [3.05, 3.63) is 0 Å². The second-order valence-electron chi connectivity index (χ2n) is 8.21. The lowest BCUT2D eigenvalue weighted by Crippen LogP contribution is -2.53. The normalized spacial score (nSPS) is 36.2. The van der Waals surface area contributed by atoms with Gasteiger partial charge in [0.1, 0.15) is 11.0 Å². The smallest absolute Gasteiger partial charge is 0.322 e.